The molecule has 0 unspecified atom stereocenters. The van der Waals surface area contributed by atoms with E-state index in [1.807, 2.05) is 20.1 Å². The molecule has 1 aliphatic carbocycles. The predicted molar refractivity (Wildman–Crippen MR) is 70.3 cm³/mol. The summed E-state index contributed by atoms with van der Waals surface area (Å²) in [6, 6.07) is 0.438. The highest BCUT2D eigenvalue weighted by atomic mass is 32.2. The normalized spacial score (nSPS) is 13.6. The number of primary amides is 1. The Hall–Kier alpha value is -1.30. The van der Waals surface area contributed by atoms with Crippen molar-refractivity contribution in [2.75, 3.05) is 11.6 Å². The Morgan fingerprint density at radius 2 is 2.18 bits per heavy atom. The van der Waals surface area contributed by atoms with Gasteiger partial charge < -0.3 is 11.1 Å². The highest BCUT2D eigenvalue weighted by Gasteiger charge is 2.24. The van der Waals surface area contributed by atoms with E-state index in [4.69, 9.17) is 5.73 Å². The standard InChI is InChI=1S/C9H12N4OS.C2H6/c1-15-9-11-4-6(7(10)14)8(13-9)12-5-2-3-5;1-2/h4-5H,2-3H2,1H3,(H2,10,14)(H,11,12,13);1-2H3. The van der Waals surface area contributed by atoms with Crippen molar-refractivity contribution in [2.45, 2.75) is 37.9 Å². The fourth-order valence-corrected chi connectivity index (χ4v) is 1.52. The first-order chi connectivity index (χ1) is 8.20. The predicted octanol–water partition coefficient (Wildman–Crippen LogP) is 1.90. The number of aromatic nitrogens is 2. The molecule has 0 bridgehead atoms. The van der Waals surface area contributed by atoms with Crippen LogP contribution in [0.5, 0.6) is 0 Å². The molecule has 1 fully saturated rings. The second-order valence-corrected chi connectivity index (χ2v) is 4.18. The first-order valence-corrected chi connectivity index (χ1v) is 6.90. The van der Waals surface area contributed by atoms with E-state index >= 15 is 0 Å². The Balaban J connectivity index is 0.000000686. The molecular weight excluding hydrogens is 236 g/mol. The van der Waals surface area contributed by atoms with Gasteiger partial charge >= 0.3 is 0 Å². The maximum Gasteiger partial charge on any atom is 0.254 e. The minimum atomic E-state index is -0.495. The van der Waals surface area contributed by atoms with Crippen LogP contribution in [0.4, 0.5) is 5.82 Å². The molecule has 1 saturated carbocycles. The van der Waals surface area contributed by atoms with E-state index in [0.717, 1.165) is 12.8 Å². The van der Waals surface area contributed by atoms with Gasteiger partial charge in [0.05, 0.1) is 5.56 Å². The third kappa shape index (κ3) is 3.89. The smallest absolute Gasteiger partial charge is 0.254 e. The van der Waals surface area contributed by atoms with Gasteiger partial charge in [0.2, 0.25) is 0 Å². The van der Waals surface area contributed by atoms with Gasteiger partial charge in [-0.05, 0) is 19.1 Å². The van der Waals surface area contributed by atoms with E-state index in [-0.39, 0.29) is 0 Å². The van der Waals surface area contributed by atoms with Gasteiger partial charge in [0.15, 0.2) is 5.16 Å². The topological polar surface area (TPSA) is 80.9 Å². The Labute approximate surface area is 106 Å². The summed E-state index contributed by atoms with van der Waals surface area (Å²) in [6.45, 7) is 4.00. The molecule has 3 N–H and O–H groups in total. The number of hydrogen-bond acceptors (Lipinski definition) is 5. The number of carbonyl (C=O) groups is 1. The Morgan fingerprint density at radius 3 is 2.65 bits per heavy atom. The molecule has 1 amide bonds. The monoisotopic (exact) mass is 254 g/mol. The SMILES string of the molecule is CC.CSc1ncc(C(N)=O)c(NC2CC2)n1. The Kier molecular flexibility index (Phi) is 5.21. The summed E-state index contributed by atoms with van der Waals surface area (Å²) in [5.41, 5.74) is 5.60. The minimum Gasteiger partial charge on any atom is -0.367 e. The lowest BCUT2D eigenvalue weighted by atomic mass is 10.3. The molecule has 1 heterocycles. The van der Waals surface area contributed by atoms with Gasteiger partial charge in [-0.1, -0.05) is 25.6 Å². The van der Waals surface area contributed by atoms with Crippen LogP contribution in [0.1, 0.15) is 37.0 Å². The van der Waals surface area contributed by atoms with Crippen molar-refractivity contribution in [3.05, 3.63) is 11.8 Å². The second-order valence-electron chi connectivity index (χ2n) is 3.40. The van der Waals surface area contributed by atoms with Gasteiger partial charge in [0.25, 0.3) is 5.91 Å². The highest BCUT2D eigenvalue weighted by Crippen LogP contribution is 2.26. The summed E-state index contributed by atoms with van der Waals surface area (Å²) in [7, 11) is 0. The van der Waals surface area contributed by atoms with E-state index in [1.165, 1.54) is 18.0 Å². The Bertz CT molecular complexity index is 393. The summed E-state index contributed by atoms with van der Waals surface area (Å²) in [6.07, 6.45) is 5.61. The minimum absolute atomic E-state index is 0.361. The molecule has 0 spiro atoms. The van der Waals surface area contributed by atoms with Crippen LogP contribution >= 0.6 is 11.8 Å². The van der Waals surface area contributed by atoms with Crippen LogP contribution < -0.4 is 11.1 Å². The van der Waals surface area contributed by atoms with Crippen molar-refractivity contribution < 1.29 is 4.79 Å². The molecule has 0 aliphatic heterocycles. The molecule has 0 atom stereocenters. The average molecular weight is 254 g/mol. The van der Waals surface area contributed by atoms with Gasteiger partial charge in [-0.3, -0.25) is 4.79 Å². The number of hydrogen-bond donors (Lipinski definition) is 2. The third-order valence-electron chi connectivity index (χ3n) is 2.13. The van der Waals surface area contributed by atoms with Gasteiger partial charge in [-0.25, -0.2) is 9.97 Å². The van der Waals surface area contributed by atoms with Crippen molar-refractivity contribution in [1.82, 2.24) is 9.97 Å². The fourth-order valence-electron chi connectivity index (χ4n) is 1.18. The largest absolute Gasteiger partial charge is 0.367 e. The molecule has 5 nitrogen and oxygen atoms in total. The van der Waals surface area contributed by atoms with E-state index in [2.05, 4.69) is 15.3 Å². The van der Waals surface area contributed by atoms with Crippen molar-refractivity contribution >= 4 is 23.5 Å². The zero-order valence-electron chi connectivity index (χ0n) is 10.4. The number of nitrogens with one attached hydrogen (secondary N) is 1. The van der Waals surface area contributed by atoms with Crippen LogP contribution in [0.3, 0.4) is 0 Å². The zero-order chi connectivity index (χ0) is 12.8. The van der Waals surface area contributed by atoms with Crippen molar-refractivity contribution in [3.63, 3.8) is 0 Å². The molecule has 6 heteroatoms. The first kappa shape index (κ1) is 13.8. The number of carbonyl (C=O) groups excluding carboxylic acids is 1. The van der Waals surface area contributed by atoms with Crippen LogP contribution in [0.15, 0.2) is 11.4 Å². The molecule has 1 aromatic rings. The lowest BCUT2D eigenvalue weighted by molar-refractivity contribution is 0.1000. The molecule has 0 radical (unpaired) electrons. The molecule has 0 aromatic carbocycles. The van der Waals surface area contributed by atoms with Gasteiger partial charge in [-0.2, -0.15) is 0 Å². The van der Waals surface area contributed by atoms with Crippen LogP contribution in [0.25, 0.3) is 0 Å². The van der Waals surface area contributed by atoms with Gasteiger partial charge in [0, 0.05) is 12.2 Å². The number of rotatable bonds is 4. The molecule has 2 rings (SSSR count). The van der Waals surface area contributed by atoms with Crippen LogP contribution in [0.2, 0.25) is 0 Å². The number of nitrogens with two attached hydrogens (primary N) is 1. The lowest BCUT2D eigenvalue weighted by Crippen LogP contribution is -2.17. The van der Waals surface area contributed by atoms with Crippen LogP contribution in [-0.4, -0.2) is 28.2 Å². The quantitative estimate of drug-likeness (QED) is 0.633. The zero-order valence-corrected chi connectivity index (χ0v) is 11.2. The number of anilines is 1. The third-order valence-corrected chi connectivity index (χ3v) is 2.69. The van der Waals surface area contributed by atoms with E-state index < -0.39 is 5.91 Å². The number of thioether (sulfide) groups is 1. The molecule has 94 valence electrons. The van der Waals surface area contributed by atoms with Gasteiger partial charge in [0.1, 0.15) is 5.82 Å². The summed E-state index contributed by atoms with van der Waals surface area (Å²) in [5, 5.41) is 3.82. The fraction of sp³-hybridized carbons (Fsp3) is 0.545. The number of amides is 1. The Morgan fingerprint density at radius 1 is 1.53 bits per heavy atom. The number of nitrogens with zero attached hydrogens (tertiary/aromatic N) is 2. The highest BCUT2D eigenvalue weighted by molar-refractivity contribution is 7.98. The molecule has 0 saturated heterocycles. The lowest BCUT2D eigenvalue weighted by Gasteiger charge is -2.08. The van der Waals surface area contributed by atoms with Crippen molar-refractivity contribution in [2.24, 2.45) is 5.73 Å². The summed E-state index contributed by atoms with van der Waals surface area (Å²) >= 11 is 1.44. The first-order valence-electron chi connectivity index (χ1n) is 5.68. The van der Waals surface area contributed by atoms with E-state index in [9.17, 15) is 4.79 Å². The molecule has 17 heavy (non-hydrogen) atoms. The summed E-state index contributed by atoms with van der Waals surface area (Å²) in [4.78, 5) is 19.4. The second kappa shape index (κ2) is 6.44. The summed E-state index contributed by atoms with van der Waals surface area (Å²) in [5.74, 6) is 0.0650. The van der Waals surface area contributed by atoms with Crippen molar-refractivity contribution in [1.29, 1.82) is 0 Å². The maximum atomic E-state index is 11.1. The van der Waals surface area contributed by atoms with Crippen LogP contribution in [-0.2, 0) is 0 Å². The maximum absolute atomic E-state index is 11.1. The molecule has 1 aromatic heterocycles. The van der Waals surface area contributed by atoms with E-state index in [1.54, 1.807) is 0 Å². The molecular formula is C11H18N4OS. The van der Waals surface area contributed by atoms with Crippen LogP contribution in [0, 0.1) is 0 Å². The van der Waals surface area contributed by atoms with Crippen molar-refractivity contribution in [3.8, 4) is 0 Å². The molecule has 1 aliphatic rings. The van der Waals surface area contributed by atoms with Gasteiger partial charge in [-0.15, -0.1) is 0 Å². The van der Waals surface area contributed by atoms with E-state index in [0.29, 0.717) is 22.6 Å². The average Bonchev–Trinajstić information content (AvgIpc) is 3.15. The summed E-state index contributed by atoms with van der Waals surface area (Å²) < 4.78 is 0.